The number of carbonyl (C=O) groups excluding carboxylic acids is 1. The number of nitrogens with one attached hydrogen (secondary N) is 2. The maximum atomic E-state index is 12.3. The molecule has 154 valence electrons. The van der Waals surface area contributed by atoms with Crippen molar-refractivity contribution in [1.82, 2.24) is 10.2 Å². The van der Waals surface area contributed by atoms with E-state index in [1.165, 1.54) is 0 Å². The van der Waals surface area contributed by atoms with Crippen LogP contribution in [0.1, 0.15) is 39.2 Å². The van der Waals surface area contributed by atoms with Crippen LogP contribution in [-0.2, 0) is 16.1 Å². The van der Waals surface area contributed by atoms with E-state index in [0.717, 1.165) is 55.4 Å². The van der Waals surface area contributed by atoms with Gasteiger partial charge in [-0.05, 0) is 51.3 Å². The number of nitrogens with zero attached hydrogens (tertiary/aromatic N) is 2. The molecule has 1 aromatic rings. The zero-order valence-corrected chi connectivity index (χ0v) is 18.0. The molecule has 0 spiro atoms. The lowest BCUT2D eigenvalue weighted by Gasteiger charge is -2.39. The van der Waals surface area contributed by atoms with Gasteiger partial charge in [-0.1, -0.05) is 12.1 Å². The lowest BCUT2D eigenvalue weighted by molar-refractivity contribution is -0.124. The second-order valence-electron chi connectivity index (χ2n) is 7.89. The first-order chi connectivity index (χ1) is 13.5. The number of hydrogen-bond donors (Lipinski definition) is 2. The fourth-order valence-electron chi connectivity index (χ4n) is 3.54. The van der Waals surface area contributed by atoms with E-state index < -0.39 is 0 Å². The normalized spacial score (nSPS) is 22.2. The molecule has 2 heterocycles. The molecule has 2 fully saturated rings. The number of rotatable bonds is 5. The van der Waals surface area contributed by atoms with Crippen LogP contribution in [0.15, 0.2) is 29.3 Å². The van der Waals surface area contributed by atoms with Gasteiger partial charge in [-0.15, -0.1) is 0 Å². The molecule has 0 saturated carbocycles. The van der Waals surface area contributed by atoms with Crippen LogP contribution >= 0.6 is 11.8 Å². The van der Waals surface area contributed by atoms with Gasteiger partial charge in [-0.2, -0.15) is 11.8 Å². The summed E-state index contributed by atoms with van der Waals surface area (Å²) in [6.45, 7) is 10.8. The van der Waals surface area contributed by atoms with Crippen molar-refractivity contribution in [3.8, 4) is 0 Å². The topological polar surface area (TPSA) is 66.0 Å². The van der Waals surface area contributed by atoms with Crippen molar-refractivity contribution in [1.29, 1.82) is 0 Å². The smallest absolute Gasteiger partial charge is 0.253 e. The molecule has 2 N–H and O–H groups in total. The molecule has 2 saturated heterocycles. The van der Waals surface area contributed by atoms with Gasteiger partial charge < -0.3 is 20.3 Å². The summed E-state index contributed by atoms with van der Waals surface area (Å²) < 4.78 is 5.69. The van der Waals surface area contributed by atoms with Crippen LogP contribution in [0.25, 0.3) is 0 Å². The Bertz CT molecular complexity index is 701. The summed E-state index contributed by atoms with van der Waals surface area (Å²) in [6, 6.07) is 7.92. The quantitative estimate of drug-likeness (QED) is 0.583. The molecule has 3 rings (SSSR count). The van der Waals surface area contributed by atoms with Gasteiger partial charge in [0.25, 0.3) is 5.91 Å². The standard InChI is InChI=1S/C21H32N4O2S/c1-4-22-20(25-10-12-28-21(2,3)15-25)23-14-16-7-5-8-17(13-16)24-19(26)18-9-6-11-27-18/h5,7-8,13,18H,4,6,9-12,14-15H2,1-3H3,(H,22,23)(H,24,26). The third-order valence-electron chi connectivity index (χ3n) is 4.89. The summed E-state index contributed by atoms with van der Waals surface area (Å²) in [4.78, 5) is 19.5. The Morgan fingerprint density at radius 1 is 1.43 bits per heavy atom. The van der Waals surface area contributed by atoms with Crippen LogP contribution in [0.2, 0.25) is 0 Å². The molecule has 1 atom stereocenters. The Kier molecular flexibility index (Phi) is 7.24. The summed E-state index contributed by atoms with van der Waals surface area (Å²) in [5, 5.41) is 6.39. The molecule has 2 aliphatic heterocycles. The minimum Gasteiger partial charge on any atom is -0.368 e. The summed E-state index contributed by atoms with van der Waals surface area (Å²) in [5.41, 5.74) is 1.87. The molecule has 1 unspecified atom stereocenters. The van der Waals surface area contributed by atoms with Gasteiger partial charge in [-0.3, -0.25) is 4.79 Å². The number of guanidine groups is 1. The van der Waals surface area contributed by atoms with Crippen LogP contribution in [-0.4, -0.2) is 59.6 Å². The molecule has 7 heteroatoms. The number of anilines is 1. The van der Waals surface area contributed by atoms with E-state index in [1.54, 1.807) is 0 Å². The third kappa shape index (κ3) is 5.88. The Morgan fingerprint density at radius 2 is 2.29 bits per heavy atom. The van der Waals surface area contributed by atoms with Gasteiger partial charge in [0.15, 0.2) is 5.96 Å². The number of aliphatic imine (C=N–C) groups is 1. The molecule has 0 bridgehead atoms. The molecule has 2 aliphatic rings. The van der Waals surface area contributed by atoms with E-state index in [1.807, 2.05) is 36.0 Å². The molecule has 0 radical (unpaired) electrons. The zero-order valence-electron chi connectivity index (χ0n) is 17.2. The highest BCUT2D eigenvalue weighted by atomic mass is 32.2. The average Bonchev–Trinajstić information content (AvgIpc) is 3.19. The van der Waals surface area contributed by atoms with Crippen molar-refractivity contribution in [2.75, 3.05) is 37.3 Å². The zero-order chi connectivity index (χ0) is 20.0. The predicted octanol–water partition coefficient (Wildman–Crippen LogP) is 3.10. The number of ether oxygens (including phenoxy) is 1. The highest BCUT2D eigenvalue weighted by molar-refractivity contribution is 8.00. The van der Waals surface area contributed by atoms with Gasteiger partial charge in [0, 0.05) is 42.4 Å². The fourth-order valence-corrected chi connectivity index (χ4v) is 4.66. The number of amides is 1. The van der Waals surface area contributed by atoms with Gasteiger partial charge in [0.1, 0.15) is 6.10 Å². The summed E-state index contributed by atoms with van der Waals surface area (Å²) in [7, 11) is 0. The van der Waals surface area contributed by atoms with Crippen molar-refractivity contribution in [2.45, 2.75) is 51.0 Å². The van der Waals surface area contributed by atoms with Crippen molar-refractivity contribution in [3.63, 3.8) is 0 Å². The van der Waals surface area contributed by atoms with E-state index in [2.05, 4.69) is 36.3 Å². The van der Waals surface area contributed by atoms with Gasteiger partial charge >= 0.3 is 0 Å². The molecule has 0 aromatic heterocycles. The van der Waals surface area contributed by atoms with E-state index in [4.69, 9.17) is 9.73 Å². The lowest BCUT2D eigenvalue weighted by Crippen LogP contribution is -2.50. The van der Waals surface area contributed by atoms with Crippen LogP contribution in [0, 0.1) is 0 Å². The monoisotopic (exact) mass is 404 g/mol. The predicted molar refractivity (Wildman–Crippen MR) is 117 cm³/mol. The van der Waals surface area contributed by atoms with E-state index in [9.17, 15) is 4.79 Å². The van der Waals surface area contributed by atoms with E-state index >= 15 is 0 Å². The largest absolute Gasteiger partial charge is 0.368 e. The number of thioether (sulfide) groups is 1. The summed E-state index contributed by atoms with van der Waals surface area (Å²) in [5.74, 6) is 2.02. The van der Waals surface area contributed by atoms with E-state index in [0.29, 0.717) is 13.2 Å². The summed E-state index contributed by atoms with van der Waals surface area (Å²) in [6.07, 6.45) is 1.43. The number of hydrogen-bond acceptors (Lipinski definition) is 4. The Hall–Kier alpha value is -1.73. The molecule has 0 aliphatic carbocycles. The third-order valence-corrected chi connectivity index (χ3v) is 6.19. The van der Waals surface area contributed by atoms with Crippen molar-refractivity contribution in [2.24, 2.45) is 4.99 Å². The van der Waals surface area contributed by atoms with Crippen LogP contribution in [0.5, 0.6) is 0 Å². The van der Waals surface area contributed by atoms with E-state index in [-0.39, 0.29) is 16.8 Å². The molecular weight excluding hydrogens is 372 g/mol. The first kappa shape index (κ1) is 21.0. The number of carbonyl (C=O) groups is 1. The Labute approximate surface area is 172 Å². The second-order valence-corrected chi connectivity index (χ2v) is 9.69. The molecule has 1 amide bonds. The second kappa shape index (κ2) is 9.65. The minimum atomic E-state index is -0.317. The van der Waals surface area contributed by atoms with Gasteiger partial charge in [0.05, 0.1) is 6.54 Å². The summed E-state index contributed by atoms with van der Waals surface area (Å²) >= 11 is 2.02. The van der Waals surface area contributed by atoms with Crippen molar-refractivity contribution in [3.05, 3.63) is 29.8 Å². The SMILES string of the molecule is CCNC(=NCc1cccc(NC(=O)C2CCCO2)c1)N1CCSC(C)(C)C1. The van der Waals surface area contributed by atoms with Crippen LogP contribution < -0.4 is 10.6 Å². The Balaban J connectivity index is 1.64. The van der Waals surface area contributed by atoms with Crippen LogP contribution in [0.3, 0.4) is 0 Å². The minimum absolute atomic E-state index is 0.0560. The highest BCUT2D eigenvalue weighted by Crippen LogP contribution is 2.29. The molecular formula is C21H32N4O2S. The first-order valence-corrected chi connectivity index (χ1v) is 11.1. The fraction of sp³-hybridized carbons (Fsp3) is 0.619. The average molecular weight is 405 g/mol. The maximum absolute atomic E-state index is 12.3. The van der Waals surface area contributed by atoms with Gasteiger partial charge in [0.2, 0.25) is 0 Å². The molecule has 28 heavy (non-hydrogen) atoms. The maximum Gasteiger partial charge on any atom is 0.253 e. The molecule has 6 nitrogen and oxygen atoms in total. The van der Waals surface area contributed by atoms with Crippen molar-refractivity contribution >= 4 is 29.3 Å². The highest BCUT2D eigenvalue weighted by Gasteiger charge is 2.28. The Morgan fingerprint density at radius 3 is 3.00 bits per heavy atom. The first-order valence-electron chi connectivity index (χ1n) is 10.2. The number of benzene rings is 1. The van der Waals surface area contributed by atoms with Crippen molar-refractivity contribution < 1.29 is 9.53 Å². The lowest BCUT2D eigenvalue weighted by atomic mass is 10.2. The molecule has 1 aromatic carbocycles. The van der Waals surface area contributed by atoms with Crippen LogP contribution in [0.4, 0.5) is 5.69 Å². The van der Waals surface area contributed by atoms with Gasteiger partial charge in [-0.25, -0.2) is 4.99 Å².